The van der Waals surface area contributed by atoms with Gasteiger partial charge in [-0.1, -0.05) is 13.8 Å². The van der Waals surface area contributed by atoms with Gasteiger partial charge in [-0.2, -0.15) is 4.98 Å². The van der Waals surface area contributed by atoms with E-state index < -0.39 is 0 Å². The molecule has 0 unspecified atom stereocenters. The molecule has 0 amide bonds. The zero-order valence-corrected chi connectivity index (χ0v) is 18.1. The highest BCUT2D eigenvalue weighted by atomic mass is 16.5. The second-order valence-corrected chi connectivity index (χ2v) is 7.38. The molecule has 0 aliphatic rings. The van der Waals surface area contributed by atoms with E-state index >= 15 is 0 Å². The summed E-state index contributed by atoms with van der Waals surface area (Å²) in [7, 11) is 1.63. The summed E-state index contributed by atoms with van der Waals surface area (Å²) in [5, 5.41) is 0. The first-order chi connectivity index (χ1) is 14.4. The normalized spacial score (nSPS) is 13.0. The van der Waals surface area contributed by atoms with Gasteiger partial charge in [0.25, 0.3) is 5.56 Å². The summed E-state index contributed by atoms with van der Waals surface area (Å²) in [6.45, 7) is 9.10. The summed E-state index contributed by atoms with van der Waals surface area (Å²) in [4.78, 5) is 25.2. The van der Waals surface area contributed by atoms with E-state index in [0.717, 1.165) is 22.6 Å². The van der Waals surface area contributed by atoms with Crippen molar-refractivity contribution in [1.29, 1.82) is 0 Å². The van der Waals surface area contributed by atoms with Crippen LogP contribution in [0, 0.1) is 12.8 Å². The third-order valence-electron chi connectivity index (χ3n) is 5.31. The van der Waals surface area contributed by atoms with E-state index in [0.29, 0.717) is 24.9 Å². The lowest BCUT2D eigenvalue weighted by atomic mass is 9.93. The number of pyridine rings is 2. The fraction of sp³-hybridized carbons (Fsp3) is 0.391. The van der Waals surface area contributed by atoms with Gasteiger partial charge in [0.1, 0.15) is 11.6 Å². The second kappa shape index (κ2) is 9.52. The van der Waals surface area contributed by atoms with Gasteiger partial charge in [0.2, 0.25) is 5.88 Å². The predicted octanol–water partition coefficient (Wildman–Crippen LogP) is 3.86. The molecule has 0 fully saturated rings. The maximum absolute atomic E-state index is 11.9. The quantitative estimate of drug-likeness (QED) is 0.563. The average molecular weight is 409 g/mol. The highest BCUT2D eigenvalue weighted by Gasteiger charge is 2.18. The number of ether oxygens (including phenoxy) is 2. The lowest BCUT2D eigenvalue weighted by molar-refractivity contribution is 0.233. The summed E-state index contributed by atoms with van der Waals surface area (Å²) in [6, 6.07) is 7.24. The Hall–Kier alpha value is -3.22. The molecule has 0 N–H and O–H groups in total. The Labute approximate surface area is 176 Å². The first kappa shape index (κ1) is 21.5. The molecule has 7 heteroatoms. The monoisotopic (exact) mass is 408 g/mol. The lowest BCUT2D eigenvalue weighted by Gasteiger charge is -2.21. The van der Waals surface area contributed by atoms with Gasteiger partial charge >= 0.3 is 0 Å². The van der Waals surface area contributed by atoms with Crippen molar-refractivity contribution < 1.29 is 9.47 Å². The van der Waals surface area contributed by atoms with E-state index in [1.54, 1.807) is 36.2 Å². The average Bonchev–Trinajstić information content (AvgIpc) is 2.77. The summed E-state index contributed by atoms with van der Waals surface area (Å²) >= 11 is 0. The third kappa shape index (κ3) is 4.84. The van der Waals surface area contributed by atoms with E-state index in [9.17, 15) is 4.79 Å². The van der Waals surface area contributed by atoms with Gasteiger partial charge in [0.05, 0.1) is 25.5 Å². The number of rotatable bonds is 8. The predicted molar refractivity (Wildman–Crippen MR) is 116 cm³/mol. The van der Waals surface area contributed by atoms with Gasteiger partial charge in [0.15, 0.2) is 0 Å². The molecule has 30 heavy (non-hydrogen) atoms. The molecule has 0 radical (unpaired) electrons. The van der Waals surface area contributed by atoms with E-state index in [-0.39, 0.29) is 17.4 Å². The molecule has 0 aliphatic carbocycles. The van der Waals surface area contributed by atoms with Crippen molar-refractivity contribution in [2.24, 2.45) is 5.92 Å². The van der Waals surface area contributed by atoms with Gasteiger partial charge in [-0.15, -0.1) is 0 Å². The SMILES string of the molecule is CCn1cc(-c2cnc(C)nc2OC[C@@H](C)[C@H](C)c2ccc(OC)cn2)ccc1=O. The van der Waals surface area contributed by atoms with E-state index in [4.69, 9.17) is 9.47 Å². The van der Waals surface area contributed by atoms with Crippen LogP contribution >= 0.6 is 0 Å². The van der Waals surface area contributed by atoms with Gasteiger partial charge < -0.3 is 14.0 Å². The molecule has 158 valence electrons. The number of hydrogen-bond acceptors (Lipinski definition) is 6. The highest BCUT2D eigenvalue weighted by Crippen LogP contribution is 2.29. The lowest BCUT2D eigenvalue weighted by Crippen LogP contribution is -2.18. The molecule has 3 rings (SSSR count). The minimum atomic E-state index is -0.0359. The van der Waals surface area contributed by atoms with Gasteiger partial charge in [-0.05, 0) is 38.0 Å². The van der Waals surface area contributed by atoms with Crippen molar-refractivity contribution in [3.05, 3.63) is 64.7 Å². The molecular weight excluding hydrogens is 380 g/mol. The zero-order chi connectivity index (χ0) is 21.7. The Morgan fingerprint density at radius 3 is 2.57 bits per heavy atom. The number of nitrogens with zero attached hydrogens (tertiary/aromatic N) is 4. The van der Waals surface area contributed by atoms with Gasteiger partial charge in [0, 0.05) is 42.2 Å². The second-order valence-electron chi connectivity index (χ2n) is 7.38. The van der Waals surface area contributed by atoms with Crippen LogP contribution in [0.4, 0.5) is 0 Å². The van der Waals surface area contributed by atoms with Gasteiger partial charge in [-0.25, -0.2) is 4.98 Å². The molecule has 0 saturated carbocycles. The molecule has 0 aliphatic heterocycles. The topological polar surface area (TPSA) is 79.1 Å². The Bertz CT molecular complexity index is 1050. The number of aromatic nitrogens is 4. The first-order valence-corrected chi connectivity index (χ1v) is 10.1. The fourth-order valence-electron chi connectivity index (χ4n) is 3.12. The van der Waals surface area contributed by atoms with Crippen LogP contribution in [-0.2, 0) is 6.54 Å². The van der Waals surface area contributed by atoms with Crippen molar-refractivity contribution in [3.63, 3.8) is 0 Å². The standard InChI is InChI=1S/C23H28N4O3/c1-6-27-13-18(7-10-22(27)28)20-12-24-17(4)26-23(20)30-14-15(2)16(3)21-9-8-19(29-5)11-25-21/h7-13,15-16H,6,14H2,1-5H3/t15-,16+/m1/s1. The maximum Gasteiger partial charge on any atom is 0.250 e. The van der Waals surface area contributed by atoms with Crippen LogP contribution in [0.3, 0.4) is 0 Å². The van der Waals surface area contributed by atoms with Crippen molar-refractivity contribution in [2.75, 3.05) is 13.7 Å². The molecule has 3 heterocycles. The molecule has 0 saturated heterocycles. The molecule has 0 bridgehead atoms. The summed E-state index contributed by atoms with van der Waals surface area (Å²) < 4.78 is 13.0. The zero-order valence-electron chi connectivity index (χ0n) is 18.1. The van der Waals surface area contributed by atoms with Crippen molar-refractivity contribution in [2.45, 2.75) is 40.2 Å². The molecular formula is C23H28N4O3. The summed E-state index contributed by atoms with van der Waals surface area (Å²) in [5.74, 6) is 2.30. The Morgan fingerprint density at radius 1 is 1.10 bits per heavy atom. The maximum atomic E-state index is 11.9. The third-order valence-corrected chi connectivity index (χ3v) is 5.31. The van der Waals surface area contributed by atoms with E-state index in [2.05, 4.69) is 28.8 Å². The Balaban J connectivity index is 1.79. The van der Waals surface area contributed by atoms with Crippen LogP contribution in [0.15, 0.2) is 47.7 Å². The number of aryl methyl sites for hydroxylation is 2. The molecule has 0 aromatic carbocycles. The van der Waals surface area contributed by atoms with Crippen LogP contribution in [0.1, 0.15) is 38.2 Å². The largest absolute Gasteiger partial charge is 0.495 e. The van der Waals surface area contributed by atoms with Crippen LogP contribution in [0.2, 0.25) is 0 Å². The van der Waals surface area contributed by atoms with Crippen molar-refractivity contribution in [1.82, 2.24) is 19.5 Å². The minimum Gasteiger partial charge on any atom is -0.495 e. The van der Waals surface area contributed by atoms with Crippen molar-refractivity contribution in [3.8, 4) is 22.8 Å². The van der Waals surface area contributed by atoms with Crippen LogP contribution in [0.5, 0.6) is 11.6 Å². The van der Waals surface area contributed by atoms with Crippen LogP contribution < -0.4 is 15.0 Å². The van der Waals surface area contributed by atoms with E-state index in [1.165, 1.54) is 0 Å². The molecule has 3 aromatic rings. The Kier molecular flexibility index (Phi) is 6.82. The minimum absolute atomic E-state index is 0.0359. The van der Waals surface area contributed by atoms with Crippen molar-refractivity contribution >= 4 is 0 Å². The molecule has 3 aromatic heterocycles. The highest BCUT2D eigenvalue weighted by molar-refractivity contribution is 5.66. The first-order valence-electron chi connectivity index (χ1n) is 10.1. The van der Waals surface area contributed by atoms with Crippen LogP contribution in [-0.4, -0.2) is 33.2 Å². The molecule has 7 nitrogen and oxygen atoms in total. The molecule has 2 atom stereocenters. The fourth-order valence-corrected chi connectivity index (χ4v) is 3.12. The van der Waals surface area contributed by atoms with Crippen LogP contribution in [0.25, 0.3) is 11.1 Å². The smallest absolute Gasteiger partial charge is 0.250 e. The molecule has 0 spiro atoms. The summed E-state index contributed by atoms with van der Waals surface area (Å²) in [6.07, 6.45) is 5.29. The Morgan fingerprint density at radius 2 is 1.90 bits per heavy atom. The van der Waals surface area contributed by atoms with E-state index in [1.807, 2.05) is 32.2 Å². The van der Waals surface area contributed by atoms with Gasteiger partial charge in [-0.3, -0.25) is 9.78 Å². The summed E-state index contributed by atoms with van der Waals surface area (Å²) in [5.41, 5.74) is 2.57. The number of methoxy groups -OCH3 is 1. The number of hydrogen-bond donors (Lipinski definition) is 0.